The van der Waals surface area contributed by atoms with E-state index in [1.165, 1.54) is 0 Å². The maximum Gasteiger partial charge on any atom is 0.194 e. The summed E-state index contributed by atoms with van der Waals surface area (Å²) in [6.07, 6.45) is 2.47. The molecule has 0 radical (unpaired) electrons. The van der Waals surface area contributed by atoms with Gasteiger partial charge in [0.15, 0.2) is 17.5 Å². The highest BCUT2D eigenvalue weighted by molar-refractivity contribution is 5.28. The van der Waals surface area contributed by atoms with Crippen LogP contribution in [0.3, 0.4) is 0 Å². The molecule has 1 aromatic carbocycles. The molecular formula is C11H10F3NO. The Hall–Kier alpha value is -1.49. The smallest absolute Gasteiger partial charge is 0.194 e. The van der Waals surface area contributed by atoms with Crippen molar-refractivity contribution in [3.8, 4) is 0 Å². The highest BCUT2D eigenvalue weighted by Crippen LogP contribution is 2.26. The molecule has 2 nitrogen and oxygen atoms in total. The van der Waals surface area contributed by atoms with Crippen molar-refractivity contribution in [3.05, 3.63) is 47.0 Å². The van der Waals surface area contributed by atoms with Gasteiger partial charge in [0.2, 0.25) is 0 Å². The second-order valence-corrected chi connectivity index (χ2v) is 3.52. The molecule has 0 saturated carbocycles. The molecule has 0 aromatic heterocycles. The molecule has 0 spiro atoms. The third kappa shape index (κ3) is 1.90. The predicted molar refractivity (Wildman–Crippen MR) is 51.9 cm³/mol. The molecule has 0 fully saturated rings. The first-order chi connectivity index (χ1) is 7.59. The topological polar surface area (TPSA) is 35.2 Å². The molecule has 0 bridgehead atoms. The third-order valence-electron chi connectivity index (χ3n) is 2.40. The van der Waals surface area contributed by atoms with Crippen LogP contribution in [-0.4, -0.2) is 6.61 Å². The van der Waals surface area contributed by atoms with Crippen LogP contribution in [0.25, 0.3) is 0 Å². The van der Waals surface area contributed by atoms with Gasteiger partial charge in [-0.15, -0.1) is 0 Å². The van der Waals surface area contributed by atoms with E-state index < -0.39 is 23.5 Å². The van der Waals surface area contributed by atoms with Crippen molar-refractivity contribution in [1.29, 1.82) is 0 Å². The fourth-order valence-corrected chi connectivity index (χ4v) is 1.57. The Labute approximate surface area is 90.5 Å². The molecule has 1 atom stereocenters. The van der Waals surface area contributed by atoms with Crippen LogP contribution in [0.4, 0.5) is 13.2 Å². The van der Waals surface area contributed by atoms with Crippen molar-refractivity contribution in [2.45, 2.75) is 12.5 Å². The van der Waals surface area contributed by atoms with Crippen LogP contribution in [0.1, 0.15) is 18.0 Å². The fourth-order valence-electron chi connectivity index (χ4n) is 1.57. The molecule has 86 valence electrons. The van der Waals surface area contributed by atoms with Crippen LogP contribution >= 0.6 is 0 Å². The van der Waals surface area contributed by atoms with Gasteiger partial charge >= 0.3 is 0 Å². The number of hydrogen-bond donors (Lipinski definition) is 1. The first-order valence-corrected chi connectivity index (χ1v) is 4.82. The molecule has 2 rings (SSSR count). The Bertz CT molecular complexity index is 422. The van der Waals surface area contributed by atoms with Gasteiger partial charge in [-0.25, -0.2) is 13.2 Å². The molecule has 16 heavy (non-hydrogen) atoms. The molecule has 0 saturated heterocycles. The number of benzene rings is 1. The highest BCUT2D eigenvalue weighted by atomic mass is 19.2. The minimum atomic E-state index is -1.49. The number of nitrogens with two attached hydrogens (primary N) is 1. The number of rotatable bonds is 2. The number of ether oxygens (including phenoxy) is 1. The Morgan fingerprint density at radius 2 is 1.81 bits per heavy atom. The van der Waals surface area contributed by atoms with Gasteiger partial charge in [-0.2, -0.15) is 0 Å². The van der Waals surface area contributed by atoms with Gasteiger partial charge in [0, 0.05) is 6.42 Å². The van der Waals surface area contributed by atoms with Crippen molar-refractivity contribution in [3.63, 3.8) is 0 Å². The van der Waals surface area contributed by atoms with E-state index in [0.717, 1.165) is 18.6 Å². The summed E-state index contributed by atoms with van der Waals surface area (Å²) in [5.74, 6) is -3.52. The van der Waals surface area contributed by atoms with E-state index in [-0.39, 0.29) is 5.56 Å². The zero-order chi connectivity index (χ0) is 11.7. The molecule has 5 heteroatoms. The number of halogens is 3. The van der Waals surface area contributed by atoms with Crippen LogP contribution in [0, 0.1) is 17.5 Å². The Morgan fingerprint density at radius 3 is 2.31 bits per heavy atom. The summed E-state index contributed by atoms with van der Waals surface area (Å²) >= 11 is 0. The van der Waals surface area contributed by atoms with E-state index in [2.05, 4.69) is 0 Å². The number of hydrogen-bond acceptors (Lipinski definition) is 2. The lowest BCUT2D eigenvalue weighted by molar-refractivity contribution is 0.225. The molecule has 1 heterocycles. The summed E-state index contributed by atoms with van der Waals surface area (Å²) in [6.45, 7) is 0.509. The first-order valence-electron chi connectivity index (χ1n) is 4.82. The normalized spacial score (nSPS) is 16.9. The Balaban J connectivity index is 2.33. The quantitative estimate of drug-likeness (QED) is 0.790. The average molecular weight is 229 g/mol. The van der Waals surface area contributed by atoms with E-state index in [1.54, 1.807) is 6.08 Å². The van der Waals surface area contributed by atoms with Gasteiger partial charge in [0.25, 0.3) is 0 Å². The van der Waals surface area contributed by atoms with E-state index >= 15 is 0 Å². The molecule has 2 N–H and O–H groups in total. The molecular weight excluding hydrogens is 219 g/mol. The van der Waals surface area contributed by atoms with Crippen molar-refractivity contribution < 1.29 is 17.9 Å². The summed E-state index contributed by atoms with van der Waals surface area (Å²) in [4.78, 5) is 0. The lowest BCUT2D eigenvalue weighted by atomic mass is 10.1. The predicted octanol–water partition coefficient (Wildman–Crippen LogP) is 2.41. The van der Waals surface area contributed by atoms with Crippen LogP contribution in [0.15, 0.2) is 24.0 Å². The van der Waals surface area contributed by atoms with E-state index in [0.29, 0.717) is 12.4 Å². The van der Waals surface area contributed by atoms with Gasteiger partial charge in [-0.3, -0.25) is 0 Å². The summed E-state index contributed by atoms with van der Waals surface area (Å²) in [5.41, 5.74) is 5.90. The second kappa shape index (κ2) is 4.17. The van der Waals surface area contributed by atoms with E-state index in [9.17, 15) is 13.2 Å². The highest BCUT2D eigenvalue weighted by Gasteiger charge is 2.20. The SMILES string of the molecule is NC(C1=CCCO1)c1cc(F)c(F)c(F)c1. The largest absolute Gasteiger partial charge is 0.496 e. The maximum atomic E-state index is 13.0. The van der Waals surface area contributed by atoms with E-state index in [1.807, 2.05) is 0 Å². The Kier molecular flexibility index (Phi) is 2.87. The van der Waals surface area contributed by atoms with Crippen molar-refractivity contribution in [1.82, 2.24) is 0 Å². The van der Waals surface area contributed by atoms with Crippen molar-refractivity contribution in [2.75, 3.05) is 6.61 Å². The zero-order valence-corrected chi connectivity index (χ0v) is 8.34. The van der Waals surface area contributed by atoms with Crippen LogP contribution in [0.5, 0.6) is 0 Å². The van der Waals surface area contributed by atoms with Gasteiger partial charge in [-0.1, -0.05) is 0 Å². The van der Waals surface area contributed by atoms with Crippen molar-refractivity contribution >= 4 is 0 Å². The van der Waals surface area contributed by atoms with Crippen LogP contribution < -0.4 is 5.73 Å². The summed E-state index contributed by atoms with van der Waals surface area (Å²) in [7, 11) is 0. The second-order valence-electron chi connectivity index (χ2n) is 3.52. The fraction of sp³-hybridized carbons (Fsp3) is 0.273. The summed E-state index contributed by atoms with van der Waals surface area (Å²) in [6, 6.07) is 1.00. The van der Waals surface area contributed by atoms with Gasteiger partial charge in [-0.05, 0) is 23.8 Å². The molecule has 1 unspecified atom stereocenters. The molecule has 1 aromatic rings. The molecule has 0 amide bonds. The third-order valence-corrected chi connectivity index (χ3v) is 2.40. The minimum Gasteiger partial charge on any atom is -0.496 e. The van der Waals surface area contributed by atoms with Gasteiger partial charge in [0.05, 0.1) is 12.6 Å². The maximum absolute atomic E-state index is 13.0. The van der Waals surface area contributed by atoms with E-state index in [4.69, 9.17) is 10.5 Å². The summed E-state index contributed by atoms with van der Waals surface area (Å²) < 4.78 is 43.8. The lowest BCUT2D eigenvalue weighted by Crippen LogP contribution is -2.14. The van der Waals surface area contributed by atoms with Gasteiger partial charge < -0.3 is 10.5 Å². The van der Waals surface area contributed by atoms with Crippen LogP contribution in [-0.2, 0) is 4.74 Å². The monoisotopic (exact) mass is 229 g/mol. The van der Waals surface area contributed by atoms with Crippen LogP contribution in [0.2, 0.25) is 0 Å². The lowest BCUT2D eigenvalue weighted by Gasteiger charge is -2.14. The molecule has 0 aliphatic carbocycles. The zero-order valence-electron chi connectivity index (χ0n) is 8.34. The Morgan fingerprint density at radius 1 is 1.19 bits per heavy atom. The molecule has 1 aliphatic rings. The van der Waals surface area contributed by atoms with Crippen molar-refractivity contribution in [2.24, 2.45) is 5.73 Å². The summed E-state index contributed by atoms with van der Waals surface area (Å²) in [5, 5.41) is 0. The minimum absolute atomic E-state index is 0.157. The van der Waals surface area contributed by atoms with Gasteiger partial charge in [0.1, 0.15) is 5.76 Å². The first kappa shape index (κ1) is 11.0. The average Bonchev–Trinajstić information content (AvgIpc) is 2.77. The molecule has 1 aliphatic heterocycles. The standard InChI is InChI=1S/C11H10F3NO/c12-7-4-6(5-8(13)10(7)14)11(15)9-2-1-3-16-9/h2,4-5,11H,1,3,15H2.